The lowest BCUT2D eigenvalue weighted by molar-refractivity contribution is 0.201. The number of hydrogen-bond donors (Lipinski definition) is 1. The first-order chi connectivity index (χ1) is 10.0. The van der Waals surface area contributed by atoms with Crippen LogP contribution in [0.15, 0.2) is 46.7 Å². The van der Waals surface area contributed by atoms with E-state index >= 15 is 0 Å². The second-order valence-corrected chi connectivity index (χ2v) is 7.46. The van der Waals surface area contributed by atoms with Gasteiger partial charge in [0.2, 0.25) is 10.0 Å². The van der Waals surface area contributed by atoms with E-state index in [1.807, 2.05) is 17.5 Å². The summed E-state index contributed by atoms with van der Waals surface area (Å²) in [6, 6.07) is 9.99. The van der Waals surface area contributed by atoms with Crippen molar-refractivity contribution in [3.8, 4) is 5.75 Å². The van der Waals surface area contributed by atoms with E-state index in [1.54, 1.807) is 19.2 Å². The van der Waals surface area contributed by atoms with Crippen molar-refractivity contribution in [2.45, 2.75) is 11.4 Å². The quantitative estimate of drug-likeness (QED) is 0.844. The van der Waals surface area contributed by atoms with Crippen LogP contribution in [0.25, 0.3) is 0 Å². The predicted octanol–water partition coefficient (Wildman–Crippen LogP) is 1.94. The molecule has 0 aliphatic heterocycles. The van der Waals surface area contributed by atoms with Gasteiger partial charge in [-0.15, -0.1) is 11.3 Å². The maximum atomic E-state index is 12.4. The lowest BCUT2D eigenvalue weighted by atomic mass is 10.3. The monoisotopic (exact) mass is 327 g/mol. The number of aliphatic hydroxyl groups is 1. The zero-order chi connectivity index (χ0) is 15.3. The first-order valence-corrected chi connectivity index (χ1v) is 8.68. The lowest BCUT2D eigenvalue weighted by Crippen LogP contribution is -2.26. The normalized spacial score (nSPS) is 11.8. The smallest absolute Gasteiger partial charge is 0.243 e. The standard InChI is InChI=1S/C14H17NO4S2/c1-15(11-13-3-2-10-20-13)21(17,18)14-6-4-12(5-7-14)19-9-8-16/h2-7,10,16H,8-9,11H2,1H3. The maximum absolute atomic E-state index is 12.4. The van der Waals surface area contributed by atoms with Crippen LogP contribution in [0.3, 0.4) is 0 Å². The molecule has 5 nitrogen and oxygen atoms in total. The zero-order valence-corrected chi connectivity index (χ0v) is 13.2. The number of benzene rings is 1. The van der Waals surface area contributed by atoms with Crippen LogP contribution in [0.1, 0.15) is 4.88 Å². The Morgan fingerprint density at radius 3 is 2.52 bits per heavy atom. The number of hydrogen-bond acceptors (Lipinski definition) is 5. The minimum absolute atomic E-state index is 0.0798. The topological polar surface area (TPSA) is 66.8 Å². The van der Waals surface area contributed by atoms with Gasteiger partial charge in [-0.25, -0.2) is 8.42 Å². The molecule has 114 valence electrons. The summed E-state index contributed by atoms with van der Waals surface area (Å²) in [5.41, 5.74) is 0. The van der Waals surface area contributed by atoms with Crippen molar-refractivity contribution in [3.63, 3.8) is 0 Å². The van der Waals surface area contributed by atoms with Crippen LogP contribution >= 0.6 is 11.3 Å². The molecule has 0 saturated heterocycles. The molecule has 0 saturated carbocycles. The Balaban J connectivity index is 2.11. The average molecular weight is 327 g/mol. The average Bonchev–Trinajstić information content (AvgIpc) is 2.98. The highest BCUT2D eigenvalue weighted by Crippen LogP contribution is 2.21. The van der Waals surface area contributed by atoms with Crippen molar-refractivity contribution in [3.05, 3.63) is 46.7 Å². The van der Waals surface area contributed by atoms with Crippen LogP contribution < -0.4 is 4.74 Å². The summed E-state index contributed by atoms with van der Waals surface area (Å²) in [6.45, 7) is 0.455. The maximum Gasteiger partial charge on any atom is 0.243 e. The fourth-order valence-electron chi connectivity index (χ4n) is 1.76. The number of aliphatic hydroxyl groups excluding tert-OH is 1. The van der Waals surface area contributed by atoms with E-state index in [1.165, 1.54) is 27.8 Å². The van der Waals surface area contributed by atoms with E-state index in [2.05, 4.69) is 0 Å². The third-order valence-corrected chi connectivity index (χ3v) is 5.53. The molecule has 0 atom stereocenters. The fourth-order valence-corrected chi connectivity index (χ4v) is 3.75. The molecule has 21 heavy (non-hydrogen) atoms. The molecule has 1 heterocycles. The van der Waals surface area contributed by atoms with Crippen molar-refractivity contribution in [2.24, 2.45) is 0 Å². The second kappa shape index (κ2) is 7.04. The van der Waals surface area contributed by atoms with Gasteiger partial charge in [-0.3, -0.25) is 0 Å². The first-order valence-electron chi connectivity index (χ1n) is 6.36. The van der Waals surface area contributed by atoms with Gasteiger partial charge in [0.1, 0.15) is 12.4 Å². The van der Waals surface area contributed by atoms with Gasteiger partial charge in [0.05, 0.1) is 11.5 Å². The molecule has 0 spiro atoms. The highest BCUT2D eigenvalue weighted by atomic mass is 32.2. The van der Waals surface area contributed by atoms with Crippen LogP contribution in [0.5, 0.6) is 5.75 Å². The predicted molar refractivity (Wildman–Crippen MR) is 82.0 cm³/mol. The third-order valence-electron chi connectivity index (χ3n) is 2.85. The van der Waals surface area contributed by atoms with Crippen LogP contribution in [0, 0.1) is 0 Å². The minimum atomic E-state index is -3.52. The van der Waals surface area contributed by atoms with Crippen molar-refractivity contribution in [1.82, 2.24) is 4.31 Å². The summed E-state index contributed by atoms with van der Waals surface area (Å²) in [6.07, 6.45) is 0. The Morgan fingerprint density at radius 2 is 1.95 bits per heavy atom. The third kappa shape index (κ3) is 4.04. The number of thiophene rings is 1. The van der Waals surface area contributed by atoms with Gasteiger partial charge >= 0.3 is 0 Å². The molecule has 1 aromatic heterocycles. The molecule has 7 heteroatoms. The van der Waals surface area contributed by atoms with Crippen LogP contribution in [0.4, 0.5) is 0 Å². The number of rotatable bonds is 7. The molecule has 0 aliphatic rings. The van der Waals surface area contributed by atoms with E-state index in [-0.39, 0.29) is 18.1 Å². The van der Waals surface area contributed by atoms with Gasteiger partial charge in [-0.1, -0.05) is 6.07 Å². The Labute approximate surface area is 128 Å². The van der Waals surface area contributed by atoms with Gasteiger partial charge in [0, 0.05) is 18.5 Å². The molecule has 2 rings (SSSR count). The summed E-state index contributed by atoms with van der Waals surface area (Å²) in [4.78, 5) is 1.21. The Bertz CT molecular complexity index is 651. The van der Waals surface area contributed by atoms with Gasteiger partial charge < -0.3 is 9.84 Å². The zero-order valence-electron chi connectivity index (χ0n) is 11.6. The summed E-state index contributed by atoms with van der Waals surface area (Å²) in [5, 5.41) is 10.6. The summed E-state index contributed by atoms with van der Waals surface area (Å²) in [7, 11) is -1.96. The van der Waals surface area contributed by atoms with Crippen LogP contribution in [0.2, 0.25) is 0 Å². The number of ether oxygens (including phenoxy) is 1. The molecular formula is C14H17NO4S2. The summed E-state index contributed by atoms with van der Waals surface area (Å²) < 4.78 is 31.4. The molecule has 2 aromatic rings. The fraction of sp³-hybridized carbons (Fsp3) is 0.286. The molecule has 0 bridgehead atoms. The van der Waals surface area contributed by atoms with Gasteiger partial charge in [0.15, 0.2) is 0 Å². The Hall–Kier alpha value is -1.41. The van der Waals surface area contributed by atoms with Gasteiger partial charge in [-0.2, -0.15) is 4.31 Å². The second-order valence-electron chi connectivity index (χ2n) is 4.38. The largest absolute Gasteiger partial charge is 0.491 e. The first kappa shape index (κ1) is 16.0. The van der Waals surface area contributed by atoms with Crippen LogP contribution in [-0.2, 0) is 16.6 Å². The highest BCUT2D eigenvalue weighted by Gasteiger charge is 2.21. The van der Waals surface area contributed by atoms with E-state index in [4.69, 9.17) is 9.84 Å². The molecule has 1 aromatic carbocycles. The summed E-state index contributed by atoms with van der Waals surface area (Å²) >= 11 is 1.52. The molecule has 0 radical (unpaired) electrons. The summed E-state index contributed by atoms with van der Waals surface area (Å²) in [5.74, 6) is 0.531. The van der Waals surface area contributed by atoms with Crippen molar-refractivity contribution in [2.75, 3.05) is 20.3 Å². The van der Waals surface area contributed by atoms with Crippen molar-refractivity contribution < 1.29 is 18.3 Å². The van der Waals surface area contributed by atoms with E-state index < -0.39 is 10.0 Å². The van der Waals surface area contributed by atoms with Crippen molar-refractivity contribution >= 4 is 21.4 Å². The van der Waals surface area contributed by atoms with Crippen molar-refractivity contribution in [1.29, 1.82) is 0 Å². The molecule has 0 fully saturated rings. The van der Waals surface area contributed by atoms with Gasteiger partial charge in [-0.05, 0) is 35.7 Å². The SMILES string of the molecule is CN(Cc1cccs1)S(=O)(=O)c1ccc(OCCO)cc1. The Morgan fingerprint density at radius 1 is 1.24 bits per heavy atom. The van der Waals surface area contributed by atoms with Gasteiger partial charge in [0.25, 0.3) is 0 Å². The number of sulfonamides is 1. The lowest BCUT2D eigenvalue weighted by Gasteiger charge is -2.16. The molecular weight excluding hydrogens is 310 g/mol. The number of nitrogens with zero attached hydrogens (tertiary/aromatic N) is 1. The minimum Gasteiger partial charge on any atom is -0.491 e. The van der Waals surface area contributed by atoms with Crippen LogP contribution in [-0.4, -0.2) is 38.1 Å². The van der Waals surface area contributed by atoms with E-state index in [0.29, 0.717) is 12.3 Å². The Kier molecular flexibility index (Phi) is 5.35. The molecule has 0 unspecified atom stereocenters. The molecule has 1 N–H and O–H groups in total. The van der Waals surface area contributed by atoms with E-state index in [0.717, 1.165) is 4.88 Å². The highest BCUT2D eigenvalue weighted by molar-refractivity contribution is 7.89. The van der Waals surface area contributed by atoms with E-state index in [9.17, 15) is 8.42 Å². The molecule has 0 amide bonds. The molecule has 0 aliphatic carbocycles.